The molecule has 2 N–H and O–H groups in total. The standard InChI is InChI=1S/C14H20N4/c1-17(8-7-12-9-16-18(2)10-12)11-13-5-3-4-6-14(13)15/h3-6,9-10H,7-8,11,15H2,1-2H3. The maximum Gasteiger partial charge on any atom is 0.0522 e. The highest BCUT2D eigenvalue weighted by molar-refractivity contribution is 5.46. The van der Waals surface area contributed by atoms with Crippen molar-refractivity contribution < 1.29 is 0 Å². The Labute approximate surface area is 108 Å². The molecule has 0 aliphatic rings. The molecule has 0 bridgehead atoms. The van der Waals surface area contributed by atoms with Gasteiger partial charge >= 0.3 is 0 Å². The summed E-state index contributed by atoms with van der Waals surface area (Å²) in [6, 6.07) is 8.02. The van der Waals surface area contributed by atoms with Crippen LogP contribution in [0.1, 0.15) is 11.1 Å². The van der Waals surface area contributed by atoms with Gasteiger partial charge in [0, 0.05) is 32.0 Å². The summed E-state index contributed by atoms with van der Waals surface area (Å²) in [5.74, 6) is 0. The quantitative estimate of drug-likeness (QED) is 0.814. The second-order valence-corrected chi connectivity index (χ2v) is 4.71. The number of hydrogen-bond donors (Lipinski definition) is 1. The van der Waals surface area contributed by atoms with Crippen LogP contribution in [0.4, 0.5) is 5.69 Å². The molecule has 0 amide bonds. The predicted molar refractivity (Wildman–Crippen MR) is 74.1 cm³/mol. The third-order valence-electron chi connectivity index (χ3n) is 3.04. The van der Waals surface area contributed by atoms with Crippen LogP contribution in [-0.4, -0.2) is 28.3 Å². The summed E-state index contributed by atoms with van der Waals surface area (Å²) in [7, 11) is 4.06. The smallest absolute Gasteiger partial charge is 0.0522 e. The van der Waals surface area contributed by atoms with Crippen LogP contribution in [0.15, 0.2) is 36.7 Å². The molecule has 0 atom stereocenters. The maximum atomic E-state index is 5.94. The van der Waals surface area contributed by atoms with Gasteiger partial charge in [0.05, 0.1) is 6.20 Å². The molecule has 0 radical (unpaired) electrons. The molecule has 2 aromatic rings. The van der Waals surface area contributed by atoms with Crippen molar-refractivity contribution >= 4 is 5.69 Å². The summed E-state index contributed by atoms with van der Waals surface area (Å²) >= 11 is 0. The lowest BCUT2D eigenvalue weighted by atomic mass is 10.1. The van der Waals surface area contributed by atoms with Gasteiger partial charge in [0.1, 0.15) is 0 Å². The van der Waals surface area contributed by atoms with Gasteiger partial charge in [-0.05, 0) is 30.7 Å². The van der Waals surface area contributed by atoms with Gasteiger partial charge in [-0.15, -0.1) is 0 Å². The largest absolute Gasteiger partial charge is 0.398 e. The molecule has 0 aliphatic heterocycles. The summed E-state index contributed by atoms with van der Waals surface area (Å²) < 4.78 is 1.84. The lowest BCUT2D eigenvalue weighted by molar-refractivity contribution is 0.331. The highest BCUT2D eigenvalue weighted by atomic mass is 15.2. The first kappa shape index (κ1) is 12.6. The molecular weight excluding hydrogens is 224 g/mol. The van der Waals surface area contributed by atoms with E-state index in [0.717, 1.165) is 25.2 Å². The molecule has 2 rings (SSSR count). The lowest BCUT2D eigenvalue weighted by Crippen LogP contribution is -2.21. The van der Waals surface area contributed by atoms with Crippen molar-refractivity contribution in [2.75, 3.05) is 19.3 Å². The number of para-hydroxylation sites is 1. The van der Waals surface area contributed by atoms with E-state index in [-0.39, 0.29) is 0 Å². The second-order valence-electron chi connectivity index (χ2n) is 4.71. The lowest BCUT2D eigenvalue weighted by Gasteiger charge is -2.17. The van der Waals surface area contributed by atoms with Gasteiger partial charge in [-0.2, -0.15) is 5.10 Å². The van der Waals surface area contributed by atoms with Crippen molar-refractivity contribution in [3.63, 3.8) is 0 Å². The molecule has 1 aromatic heterocycles. The zero-order chi connectivity index (χ0) is 13.0. The SMILES string of the molecule is CN(CCc1cnn(C)c1)Cc1ccccc1N. The van der Waals surface area contributed by atoms with Gasteiger partial charge in [0.15, 0.2) is 0 Å². The number of benzene rings is 1. The van der Waals surface area contributed by atoms with Crippen molar-refractivity contribution in [1.82, 2.24) is 14.7 Å². The fraction of sp³-hybridized carbons (Fsp3) is 0.357. The van der Waals surface area contributed by atoms with Crippen LogP contribution in [0, 0.1) is 0 Å². The summed E-state index contributed by atoms with van der Waals surface area (Å²) in [6.07, 6.45) is 4.99. The number of nitrogens with two attached hydrogens (primary N) is 1. The van der Waals surface area contributed by atoms with Crippen LogP contribution in [-0.2, 0) is 20.0 Å². The average Bonchev–Trinajstić information content (AvgIpc) is 2.76. The highest BCUT2D eigenvalue weighted by Crippen LogP contribution is 2.12. The fourth-order valence-electron chi connectivity index (χ4n) is 1.97. The van der Waals surface area contributed by atoms with Gasteiger partial charge in [-0.1, -0.05) is 18.2 Å². The molecular formula is C14H20N4. The zero-order valence-corrected chi connectivity index (χ0v) is 11.0. The Kier molecular flexibility index (Phi) is 3.99. The molecule has 4 nitrogen and oxygen atoms in total. The molecule has 0 spiro atoms. The molecule has 18 heavy (non-hydrogen) atoms. The molecule has 96 valence electrons. The van der Waals surface area contributed by atoms with E-state index in [2.05, 4.69) is 29.3 Å². The summed E-state index contributed by atoms with van der Waals surface area (Å²) in [6.45, 7) is 1.88. The zero-order valence-electron chi connectivity index (χ0n) is 11.0. The Morgan fingerprint density at radius 3 is 2.78 bits per heavy atom. The summed E-state index contributed by atoms with van der Waals surface area (Å²) in [5.41, 5.74) is 9.26. The molecule has 0 saturated carbocycles. The van der Waals surface area contributed by atoms with E-state index in [9.17, 15) is 0 Å². The molecule has 4 heteroatoms. The molecule has 1 aromatic carbocycles. The monoisotopic (exact) mass is 244 g/mol. The van der Waals surface area contributed by atoms with Crippen LogP contribution in [0.5, 0.6) is 0 Å². The number of rotatable bonds is 5. The van der Waals surface area contributed by atoms with Crippen molar-refractivity contribution in [3.05, 3.63) is 47.8 Å². The first-order valence-corrected chi connectivity index (χ1v) is 6.14. The predicted octanol–water partition coefficient (Wildman–Crippen LogP) is 1.68. The number of aryl methyl sites for hydroxylation is 1. The highest BCUT2D eigenvalue weighted by Gasteiger charge is 2.04. The van der Waals surface area contributed by atoms with Crippen molar-refractivity contribution in [1.29, 1.82) is 0 Å². The van der Waals surface area contributed by atoms with Gasteiger partial charge < -0.3 is 10.6 Å². The number of anilines is 1. The third kappa shape index (κ3) is 3.34. The van der Waals surface area contributed by atoms with Crippen molar-refractivity contribution in [3.8, 4) is 0 Å². The first-order valence-electron chi connectivity index (χ1n) is 6.14. The van der Waals surface area contributed by atoms with Crippen LogP contribution in [0.3, 0.4) is 0 Å². The van der Waals surface area contributed by atoms with E-state index >= 15 is 0 Å². The molecule has 0 fully saturated rings. The van der Waals surface area contributed by atoms with Gasteiger partial charge in [0.25, 0.3) is 0 Å². The van der Waals surface area contributed by atoms with E-state index in [1.54, 1.807) is 0 Å². The number of nitrogens with zero attached hydrogens (tertiary/aromatic N) is 3. The fourth-order valence-corrected chi connectivity index (χ4v) is 1.97. The molecule has 0 aliphatic carbocycles. The molecule has 1 heterocycles. The van der Waals surface area contributed by atoms with E-state index < -0.39 is 0 Å². The van der Waals surface area contributed by atoms with Crippen LogP contribution < -0.4 is 5.73 Å². The third-order valence-corrected chi connectivity index (χ3v) is 3.04. The maximum absolute atomic E-state index is 5.94. The Hall–Kier alpha value is -1.81. The summed E-state index contributed by atoms with van der Waals surface area (Å²) in [5, 5.41) is 4.17. The van der Waals surface area contributed by atoms with E-state index in [1.807, 2.05) is 36.1 Å². The minimum atomic E-state index is 0.866. The Morgan fingerprint density at radius 1 is 1.33 bits per heavy atom. The summed E-state index contributed by atoms with van der Waals surface area (Å²) in [4.78, 5) is 2.28. The topological polar surface area (TPSA) is 47.1 Å². The van der Waals surface area contributed by atoms with Gasteiger partial charge in [0.2, 0.25) is 0 Å². The number of hydrogen-bond acceptors (Lipinski definition) is 3. The number of nitrogen functional groups attached to an aromatic ring is 1. The Morgan fingerprint density at radius 2 is 2.11 bits per heavy atom. The minimum Gasteiger partial charge on any atom is -0.398 e. The van der Waals surface area contributed by atoms with Gasteiger partial charge in [-0.25, -0.2) is 0 Å². The number of aromatic nitrogens is 2. The van der Waals surface area contributed by atoms with Crippen LogP contribution in [0.2, 0.25) is 0 Å². The normalized spacial score (nSPS) is 11.1. The second kappa shape index (κ2) is 5.69. The first-order chi connectivity index (χ1) is 8.65. The van der Waals surface area contributed by atoms with E-state index in [0.29, 0.717) is 0 Å². The number of likely N-dealkylation sites (N-methyl/N-ethyl adjacent to an activating group) is 1. The molecule has 0 saturated heterocycles. The van der Waals surface area contributed by atoms with E-state index in [4.69, 9.17) is 5.73 Å². The van der Waals surface area contributed by atoms with E-state index in [1.165, 1.54) is 11.1 Å². The Balaban J connectivity index is 1.85. The van der Waals surface area contributed by atoms with Crippen LogP contribution in [0.25, 0.3) is 0 Å². The molecule has 0 unspecified atom stereocenters. The van der Waals surface area contributed by atoms with Crippen molar-refractivity contribution in [2.24, 2.45) is 7.05 Å². The van der Waals surface area contributed by atoms with Crippen molar-refractivity contribution in [2.45, 2.75) is 13.0 Å². The Bertz CT molecular complexity index is 504. The van der Waals surface area contributed by atoms with Crippen LogP contribution >= 0.6 is 0 Å². The van der Waals surface area contributed by atoms with Gasteiger partial charge in [-0.3, -0.25) is 4.68 Å². The minimum absolute atomic E-state index is 0.866. The average molecular weight is 244 g/mol.